The Morgan fingerprint density at radius 3 is 2.38 bits per heavy atom. The number of ether oxygens (including phenoxy) is 1. The van der Waals surface area contributed by atoms with Gasteiger partial charge < -0.3 is 15.8 Å². The second-order valence-corrected chi connectivity index (χ2v) is 13.3. The van der Waals surface area contributed by atoms with Gasteiger partial charge in [0.25, 0.3) is 5.91 Å². The number of hydrogen-bond donors (Lipinski definition) is 2. The molecule has 2 aliphatic rings. The van der Waals surface area contributed by atoms with E-state index in [2.05, 4.69) is 30.1 Å². The zero-order valence-electron chi connectivity index (χ0n) is 23.2. The Hall–Kier alpha value is -2.91. The molecule has 0 spiro atoms. The number of hydrogen-bond acceptors (Lipinski definition) is 6. The van der Waals surface area contributed by atoms with Gasteiger partial charge in [-0.25, -0.2) is 13.2 Å². The van der Waals surface area contributed by atoms with E-state index in [1.807, 2.05) is 12.1 Å². The number of nitrogens with two attached hydrogens (primary N) is 1. The van der Waals surface area contributed by atoms with Crippen molar-refractivity contribution in [1.82, 2.24) is 10.2 Å². The summed E-state index contributed by atoms with van der Waals surface area (Å²) < 4.78 is 29.4. The number of nitrogens with one attached hydrogen (secondary N) is 1. The molecular formula is C30H41N3O5S. The van der Waals surface area contributed by atoms with Gasteiger partial charge in [-0.15, -0.1) is 0 Å². The van der Waals surface area contributed by atoms with Gasteiger partial charge in [-0.2, -0.15) is 0 Å². The van der Waals surface area contributed by atoms with Gasteiger partial charge in [0.05, 0.1) is 16.7 Å². The maximum atomic E-state index is 13.3. The lowest BCUT2D eigenvalue weighted by Crippen LogP contribution is -2.33. The van der Waals surface area contributed by atoms with Crippen molar-refractivity contribution >= 4 is 21.8 Å². The van der Waals surface area contributed by atoms with E-state index in [0.717, 1.165) is 31.3 Å². The van der Waals surface area contributed by atoms with Crippen molar-refractivity contribution in [3.63, 3.8) is 0 Å². The molecule has 212 valence electrons. The molecule has 3 N–H and O–H groups in total. The summed E-state index contributed by atoms with van der Waals surface area (Å²) in [6.07, 6.45) is 5.28. The number of amides is 2. The number of carbonyl (C=O) groups excluding carboxylic acids is 2. The van der Waals surface area contributed by atoms with Crippen LogP contribution < -0.4 is 11.1 Å². The van der Waals surface area contributed by atoms with E-state index < -0.39 is 22.0 Å². The van der Waals surface area contributed by atoms with E-state index >= 15 is 0 Å². The zero-order chi connectivity index (χ0) is 28.2. The van der Waals surface area contributed by atoms with E-state index in [4.69, 9.17) is 10.5 Å². The highest BCUT2D eigenvalue weighted by molar-refractivity contribution is 7.91. The average molecular weight is 556 g/mol. The molecule has 8 nitrogen and oxygen atoms in total. The van der Waals surface area contributed by atoms with Crippen LogP contribution in [-0.4, -0.2) is 44.2 Å². The minimum Gasteiger partial charge on any atom is -0.447 e. The van der Waals surface area contributed by atoms with E-state index in [9.17, 15) is 18.0 Å². The van der Waals surface area contributed by atoms with Gasteiger partial charge in [-0.1, -0.05) is 51.8 Å². The molecular weight excluding hydrogens is 514 g/mol. The maximum absolute atomic E-state index is 13.3. The quantitative estimate of drug-likeness (QED) is 0.419. The van der Waals surface area contributed by atoms with Crippen LogP contribution in [-0.2, 0) is 21.1 Å². The average Bonchev–Trinajstić information content (AvgIpc) is 3.28. The summed E-state index contributed by atoms with van der Waals surface area (Å²) in [5.74, 6) is 1.26. The number of carbonyl (C=O) groups is 2. The Morgan fingerprint density at radius 2 is 1.77 bits per heavy atom. The largest absolute Gasteiger partial charge is 0.447 e. The van der Waals surface area contributed by atoms with Gasteiger partial charge in [0, 0.05) is 24.7 Å². The Balaban J connectivity index is 1.49. The smallest absolute Gasteiger partial charge is 0.404 e. The summed E-state index contributed by atoms with van der Waals surface area (Å²) in [4.78, 5) is 27.4. The summed E-state index contributed by atoms with van der Waals surface area (Å²) in [6.45, 7) is 7.91. The van der Waals surface area contributed by atoms with Crippen LogP contribution in [0.2, 0.25) is 0 Å². The standard InChI is InChI=1S/C30H41N3O5S/c1-4-28-26-15-12-23(16-24(26)18-33(28)17-21-8-6-20(3)7-9-21)29(34)32-27(19-38-30(31)35)22-10-13-25(14-11-22)39(36,37)5-2/h10-16,20-21,27-28H,4-9,17-19H2,1-3H3,(H2,31,35)(H,32,34)/t20-,21-,27-,28+/m0/s1. The number of benzene rings is 2. The van der Waals surface area contributed by atoms with Gasteiger partial charge in [-0.05, 0) is 72.1 Å². The molecule has 2 atom stereocenters. The summed E-state index contributed by atoms with van der Waals surface area (Å²) in [5.41, 5.74) is 8.79. The molecule has 2 aromatic rings. The number of rotatable bonds is 10. The first kappa shape index (κ1) is 29.1. The van der Waals surface area contributed by atoms with Gasteiger partial charge in [0.15, 0.2) is 9.84 Å². The van der Waals surface area contributed by atoms with Crippen molar-refractivity contribution in [3.8, 4) is 0 Å². The normalized spacial score (nSPS) is 22.2. The number of sulfone groups is 1. The molecule has 2 aromatic carbocycles. The lowest BCUT2D eigenvalue weighted by atomic mass is 9.82. The fourth-order valence-electron chi connectivity index (χ4n) is 5.95. The van der Waals surface area contributed by atoms with Crippen LogP contribution in [0.3, 0.4) is 0 Å². The summed E-state index contributed by atoms with van der Waals surface area (Å²) >= 11 is 0. The van der Waals surface area contributed by atoms with Crippen molar-refractivity contribution in [2.45, 2.75) is 76.4 Å². The molecule has 1 heterocycles. The Labute approximate surface area is 232 Å². The molecule has 39 heavy (non-hydrogen) atoms. The Bertz CT molecular complexity index is 1270. The van der Waals surface area contributed by atoms with Crippen molar-refractivity contribution in [3.05, 3.63) is 64.7 Å². The third-order valence-electron chi connectivity index (χ3n) is 8.31. The second-order valence-electron chi connectivity index (χ2n) is 11.0. The fraction of sp³-hybridized carbons (Fsp3) is 0.533. The van der Waals surface area contributed by atoms with Crippen molar-refractivity contribution < 1.29 is 22.7 Å². The monoisotopic (exact) mass is 555 g/mol. The SMILES string of the molecule is CC[C@@H]1c2ccc(C(=O)N[C@@H](COC(N)=O)c3ccc(S(=O)(=O)CC)cc3)cc2CN1C[C@H]1CC[C@H](C)CC1. The lowest BCUT2D eigenvalue weighted by Gasteiger charge is -2.32. The third-order valence-corrected chi connectivity index (χ3v) is 10.1. The van der Waals surface area contributed by atoms with Gasteiger partial charge in [0.2, 0.25) is 0 Å². The van der Waals surface area contributed by atoms with Crippen LogP contribution >= 0.6 is 0 Å². The highest BCUT2D eigenvalue weighted by Gasteiger charge is 2.32. The predicted molar refractivity (Wildman–Crippen MR) is 151 cm³/mol. The number of primary amides is 1. The molecule has 2 amide bonds. The first-order valence-electron chi connectivity index (χ1n) is 14.0. The molecule has 0 radical (unpaired) electrons. The first-order valence-corrected chi connectivity index (χ1v) is 15.7. The molecule has 4 rings (SSSR count). The molecule has 0 unspecified atom stereocenters. The number of nitrogens with zero attached hydrogens (tertiary/aromatic N) is 1. The third kappa shape index (κ3) is 7.00. The van der Waals surface area contributed by atoms with Crippen LogP contribution in [0.4, 0.5) is 4.79 Å². The van der Waals surface area contributed by atoms with Crippen molar-refractivity contribution in [2.24, 2.45) is 17.6 Å². The topological polar surface area (TPSA) is 119 Å². The molecule has 1 aliphatic carbocycles. The predicted octanol–water partition coefficient (Wildman–Crippen LogP) is 5.14. The minimum atomic E-state index is -3.36. The highest BCUT2D eigenvalue weighted by Crippen LogP contribution is 2.39. The van der Waals surface area contributed by atoms with Crippen LogP contribution in [0.15, 0.2) is 47.4 Å². The van der Waals surface area contributed by atoms with E-state index in [1.54, 1.807) is 19.1 Å². The minimum absolute atomic E-state index is 0.00813. The molecule has 1 aliphatic heterocycles. The van der Waals surface area contributed by atoms with Crippen LogP contribution in [0.1, 0.15) is 92.0 Å². The van der Waals surface area contributed by atoms with E-state index in [0.29, 0.717) is 17.2 Å². The number of fused-ring (bicyclic) bond motifs is 1. The molecule has 9 heteroatoms. The van der Waals surface area contributed by atoms with Gasteiger partial charge >= 0.3 is 6.09 Å². The summed E-state index contributed by atoms with van der Waals surface area (Å²) in [6, 6.07) is 11.8. The van der Waals surface area contributed by atoms with Crippen LogP contribution in [0, 0.1) is 11.8 Å². The fourth-order valence-corrected chi connectivity index (χ4v) is 6.83. The molecule has 1 fully saturated rings. The highest BCUT2D eigenvalue weighted by atomic mass is 32.2. The van der Waals surface area contributed by atoms with Crippen LogP contribution in [0.25, 0.3) is 0 Å². The molecule has 0 aromatic heterocycles. The Morgan fingerprint density at radius 1 is 1.08 bits per heavy atom. The van der Waals surface area contributed by atoms with Gasteiger partial charge in [0.1, 0.15) is 6.61 Å². The van der Waals surface area contributed by atoms with Crippen molar-refractivity contribution in [1.29, 1.82) is 0 Å². The zero-order valence-corrected chi connectivity index (χ0v) is 24.0. The van der Waals surface area contributed by atoms with E-state index in [1.165, 1.54) is 48.9 Å². The van der Waals surface area contributed by atoms with Crippen LogP contribution in [0.5, 0.6) is 0 Å². The lowest BCUT2D eigenvalue weighted by molar-refractivity contribution is 0.0898. The van der Waals surface area contributed by atoms with Gasteiger partial charge in [-0.3, -0.25) is 9.69 Å². The molecule has 0 bridgehead atoms. The molecule has 0 saturated heterocycles. The maximum Gasteiger partial charge on any atom is 0.404 e. The first-order chi connectivity index (χ1) is 18.6. The van der Waals surface area contributed by atoms with Crippen molar-refractivity contribution in [2.75, 3.05) is 18.9 Å². The summed E-state index contributed by atoms with van der Waals surface area (Å²) in [5, 5.41) is 2.94. The van der Waals surface area contributed by atoms with E-state index in [-0.39, 0.29) is 23.2 Å². The summed E-state index contributed by atoms with van der Waals surface area (Å²) in [7, 11) is -3.36. The molecule has 1 saturated carbocycles. The Kier molecular flexibility index (Phi) is 9.33. The second kappa shape index (κ2) is 12.5.